The summed E-state index contributed by atoms with van der Waals surface area (Å²) in [4.78, 5) is 21.3. The number of carbonyl (C=O) groups is 2. The van der Waals surface area contributed by atoms with Crippen LogP contribution < -0.4 is 0 Å². The van der Waals surface area contributed by atoms with Gasteiger partial charge in [-0.2, -0.15) is 8.42 Å². The molecule has 0 aliphatic heterocycles. The summed E-state index contributed by atoms with van der Waals surface area (Å²) in [5, 5.41) is -2.00. The number of carbonyl (C=O) groups excluding carboxylic acids is 2. The molecule has 0 amide bonds. The van der Waals surface area contributed by atoms with Gasteiger partial charge in [0.2, 0.25) is 0 Å². The Balaban J connectivity index is 0.00000256. The van der Waals surface area contributed by atoms with E-state index >= 15 is 0 Å². The van der Waals surface area contributed by atoms with Crippen LogP contribution in [0.5, 0.6) is 0 Å². The average Bonchev–Trinajstić information content (AvgIpc) is 2.15. The van der Waals surface area contributed by atoms with E-state index in [1.165, 1.54) is 0 Å². The molecule has 0 aromatic heterocycles. The molecule has 1 aromatic rings. The SMILES string of the molecule is Cl.O=C(Cl)c1ccc(S(=O)(=O)O)cc1C(=O)Cl. The van der Waals surface area contributed by atoms with Gasteiger partial charge in [0.1, 0.15) is 0 Å². The van der Waals surface area contributed by atoms with Crippen molar-refractivity contribution in [2.24, 2.45) is 0 Å². The molecule has 0 bridgehead atoms. The molecule has 94 valence electrons. The number of hydrogen-bond donors (Lipinski definition) is 1. The van der Waals surface area contributed by atoms with Gasteiger partial charge in [-0.15, -0.1) is 12.4 Å². The molecule has 0 radical (unpaired) electrons. The highest BCUT2D eigenvalue weighted by Gasteiger charge is 2.18. The van der Waals surface area contributed by atoms with Crippen LogP contribution in [0.4, 0.5) is 0 Å². The van der Waals surface area contributed by atoms with Gasteiger partial charge in [-0.25, -0.2) is 0 Å². The van der Waals surface area contributed by atoms with Crippen LogP contribution in [0.25, 0.3) is 0 Å². The molecular weight excluding hydrogens is 315 g/mol. The summed E-state index contributed by atoms with van der Waals surface area (Å²) in [6.07, 6.45) is 0. The van der Waals surface area contributed by atoms with Crippen molar-refractivity contribution < 1.29 is 22.6 Å². The van der Waals surface area contributed by atoms with E-state index in [-0.39, 0.29) is 23.5 Å². The van der Waals surface area contributed by atoms with Gasteiger partial charge in [-0.05, 0) is 41.4 Å². The zero-order valence-electron chi connectivity index (χ0n) is 7.88. The van der Waals surface area contributed by atoms with Gasteiger partial charge in [0, 0.05) is 11.1 Å². The van der Waals surface area contributed by atoms with Crippen LogP contribution in [0.15, 0.2) is 23.1 Å². The minimum atomic E-state index is -4.47. The summed E-state index contributed by atoms with van der Waals surface area (Å²) in [6.45, 7) is 0. The largest absolute Gasteiger partial charge is 0.294 e. The van der Waals surface area contributed by atoms with Gasteiger partial charge in [0.25, 0.3) is 20.6 Å². The lowest BCUT2D eigenvalue weighted by atomic mass is 10.1. The Kier molecular flexibility index (Phi) is 5.57. The molecule has 0 aliphatic carbocycles. The van der Waals surface area contributed by atoms with Crippen LogP contribution in [-0.2, 0) is 10.1 Å². The maximum Gasteiger partial charge on any atom is 0.294 e. The molecule has 1 N–H and O–H groups in total. The predicted molar refractivity (Wildman–Crippen MR) is 63.9 cm³/mol. The third-order valence-electron chi connectivity index (χ3n) is 1.71. The lowest BCUT2D eigenvalue weighted by molar-refractivity contribution is 0.105. The second-order valence-corrected chi connectivity index (χ2v) is 4.84. The predicted octanol–water partition coefficient (Wildman–Crippen LogP) is 2.11. The minimum Gasteiger partial charge on any atom is -0.282 e. The lowest BCUT2D eigenvalue weighted by Gasteiger charge is -2.03. The van der Waals surface area contributed by atoms with Crippen molar-refractivity contribution in [2.45, 2.75) is 4.90 Å². The van der Waals surface area contributed by atoms with Crippen LogP contribution in [0, 0.1) is 0 Å². The van der Waals surface area contributed by atoms with Crippen molar-refractivity contribution in [3.63, 3.8) is 0 Å². The van der Waals surface area contributed by atoms with E-state index in [1.807, 2.05) is 0 Å². The van der Waals surface area contributed by atoms with Gasteiger partial charge in [0.15, 0.2) is 0 Å². The third kappa shape index (κ3) is 3.93. The van der Waals surface area contributed by atoms with Crippen molar-refractivity contribution in [3.05, 3.63) is 29.3 Å². The molecule has 0 fully saturated rings. The molecule has 9 heteroatoms. The highest BCUT2D eigenvalue weighted by atomic mass is 35.5. The summed E-state index contributed by atoms with van der Waals surface area (Å²) in [5.74, 6) is 0. The summed E-state index contributed by atoms with van der Waals surface area (Å²) in [7, 11) is -4.47. The molecule has 0 saturated heterocycles. The van der Waals surface area contributed by atoms with Crippen LogP contribution in [0.2, 0.25) is 0 Å². The van der Waals surface area contributed by atoms with Crippen molar-refractivity contribution in [1.82, 2.24) is 0 Å². The van der Waals surface area contributed by atoms with Gasteiger partial charge in [-0.3, -0.25) is 14.1 Å². The molecule has 0 heterocycles. The van der Waals surface area contributed by atoms with Crippen molar-refractivity contribution >= 4 is 56.2 Å². The van der Waals surface area contributed by atoms with Crippen LogP contribution in [-0.4, -0.2) is 23.5 Å². The monoisotopic (exact) mass is 318 g/mol. The fourth-order valence-electron chi connectivity index (χ4n) is 1.02. The Morgan fingerprint density at radius 1 is 1.06 bits per heavy atom. The standard InChI is InChI=1S/C8H4Cl2O5S.ClH/c9-7(11)5-2-1-4(16(13,14)15)3-6(5)8(10)12;/h1-3H,(H,13,14,15);1H. The fraction of sp³-hybridized carbons (Fsp3) is 0. The zero-order valence-corrected chi connectivity index (χ0v) is 11.0. The van der Waals surface area contributed by atoms with Gasteiger partial charge in [0.05, 0.1) is 4.90 Å². The normalized spacial score (nSPS) is 10.5. The molecule has 0 atom stereocenters. The number of rotatable bonds is 3. The lowest BCUT2D eigenvalue weighted by Crippen LogP contribution is -2.05. The molecule has 0 saturated carbocycles. The van der Waals surface area contributed by atoms with E-state index in [1.54, 1.807) is 0 Å². The third-order valence-corrected chi connectivity index (χ3v) is 2.97. The Labute approximate surface area is 113 Å². The first-order chi connectivity index (χ1) is 7.23. The van der Waals surface area contributed by atoms with Gasteiger partial charge < -0.3 is 0 Å². The van der Waals surface area contributed by atoms with Crippen LogP contribution in [0.3, 0.4) is 0 Å². The summed E-state index contributed by atoms with van der Waals surface area (Å²) >= 11 is 10.3. The van der Waals surface area contributed by atoms with E-state index in [0.29, 0.717) is 0 Å². The molecular formula is C8H5Cl3O5S. The smallest absolute Gasteiger partial charge is 0.282 e. The zero-order chi connectivity index (χ0) is 12.5. The minimum absolute atomic E-state index is 0. The molecule has 0 aliphatic rings. The first kappa shape index (κ1) is 16.3. The quantitative estimate of drug-likeness (QED) is 0.681. The van der Waals surface area contributed by atoms with E-state index in [4.69, 9.17) is 27.8 Å². The molecule has 0 spiro atoms. The van der Waals surface area contributed by atoms with E-state index in [9.17, 15) is 18.0 Å². The molecule has 5 nitrogen and oxygen atoms in total. The first-order valence-corrected chi connectivity index (χ1v) is 5.94. The molecule has 1 rings (SSSR count). The number of benzene rings is 1. The van der Waals surface area contributed by atoms with Crippen molar-refractivity contribution in [3.8, 4) is 0 Å². The average molecular weight is 320 g/mol. The Bertz CT molecular complexity index is 567. The Morgan fingerprint density at radius 2 is 1.53 bits per heavy atom. The Hall–Kier alpha value is -0.660. The second-order valence-electron chi connectivity index (χ2n) is 2.73. The maximum absolute atomic E-state index is 10.9. The van der Waals surface area contributed by atoms with Crippen LogP contribution in [0.1, 0.15) is 20.7 Å². The molecule has 17 heavy (non-hydrogen) atoms. The summed E-state index contributed by atoms with van der Waals surface area (Å²) < 4.78 is 30.3. The highest BCUT2D eigenvalue weighted by Crippen LogP contribution is 2.19. The first-order valence-electron chi connectivity index (χ1n) is 3.74. The van der Waals surface area contributed by atoms with E-state index in [2.05, 4.69) is 0 Å². The fourth-order valence-corrected chi connectivity index (χ4v) is 1.85. The van der Waals surface area contributed by atoms with Gasteiger partial charge in [-0.1, -0.05) is 0 Å². The van der Waals surface area contributed by atoms with Gasteiger partial charge >= 0.3 is 0 Å². The molecule has 0 unspecified atom stereocenters. The van der Waals surface area contributed by atoms with E-state index < -0.39 is 25.5 Å². The summed E-state index contributed by atoms with van der Waals surface area (Å²) in [6, 6.07) is 2.71. The highest BCUT2D eigenvalue weighted by molar-refractivity contribution is 7.85. The van der Waals surface area contributed by atoms with Crippen LogP contribution >= 0.6 is 35.6 Å². The number of hydrogen-bond acceptors (Lipinski definition) is 4. The number of halogens is 3. The van der Waals surface area contributed by atoms with Crippen molar-refractivity contribution in [1.29, 1.82) is 0 Å². The topological polar surface area (TPSA) is 88.5 Å². The summed E-state index contributed by atoms with van der Waals surface area (Å²) in [5.41, 5.74) is -0.606. The van der Waals surface area contributed by atoms with Crippen molar-refractivity contribution in [2.75, 3.05) is 0 Å². The van der Waals surface area contributed by atoms with E-state index in [0.717, 1.165) is 18.2 Å². The second kappa shape index (κ2) is 5.79. The maximum atomic E-state index is 10.9. The molecule has 1 aromatic carbocycles. The Morgan fingerprint density at radius 3 is 1.88 bits per heavy atom.